The Hall–Kier alpha value is -2.94. The number of aromatic nitrogens is 2. The van der Waals surface area contributed by atoms with Crippen LogP contribution in [0.5, 0.6) is 17.2 Å². The van der Waals surface area contributed by atoms with Gasteiger partial charge in [-0.25, -0.2) is 0 Å². The van der Waals surface area contributed by atoms with Crippen LogP contribution in [0.1, 0.15) is 42.3 Å². The lowest BCUT2D eigenvalue weighted by Gasteiger charge is -2.28. The Morgan fingerprint density at radius 2 is 1.96 bits per heavy atom. The molecule has 0 bridgehead atoms. The number of phenolic OH excluding ortho intramolecular Hbond substituents is 2. The molecule has 1 amide bonds. The zero-order valence-electron chi connectivity index (χ0n) is 14.8. The lowest BCUT2D eigenvalue weighted by Crippen LogP contribution is -2.28. The summed E-state index contributed by atoms with van der Waals surface area (Å²) in [6.45, 7) is 1.19. The summed E-state index contributed by atoms with van der Waals surface area (Å²) in [6, 6.07) is 2.93. The molecule has 2 aliphatic rings. The third-order valence-electron chi connectivity index (χ3n) is 5.21. The number of fused-ring (bicyclic) bond motifs is 1. The van der Waals surface area contributed by atoms with E-state index in [1.54, 1.807) is 4.68 Å². The summed E-state index contributed by atoms with van der Waals surface area (Å²) in [5.74, 6) is -0.983. The van der Waals surface area contributed by atoms with Crippen molar-refractivity contribution >= 4 is 11.7 Å². The van der Waals surface area contributed by atoms with Crippen LogP contribution in [0.3, 0.4) is 0 Å². The van der Waals surface area contributed by atoms with Gasteiger partial charge in [0.1, 0.15) is 5.82 Å². The van der Waals surface area contributed by atoms with E-state index in [4.69, 9.17) is 9.47 Å². The van der Waals surface area contributed by atoms with Gasteiger partial charge in [0.25, 0.3) is 5.56 Å². The highest BCUT2D eigenvalue weighted by molar-refractivity contribution is 5.94. The molecule has 1 saturated heterocycles. The number of ether oxygens (including phenoxy) is 2. The third kappa shape index (κ3) is 2.93. The number of nitrogens with zero attached hydrogens (tertiary/aromatic N) is 1. The van der Waals surface area contributed by atoms with Crippen molar-refractivity contribution in [3.05, 3.63) is 33.6 Å². The molecule has 2 aromatic rings. The van der Waals surface area contributed by atoms with Crippen molar-refractivity contribution in [3.63, 3.8) is 0 Å². The van der Waals surface area contributed by atoms with Gasteiger partial charge in [0.05, 0.1) is 18.7 Å². The van der Waals surface area contributed by atoms with Crippen molar-refractivity contribution in [2.24, 2.45) is 0 Å². The monoisotopic (exact) mass is 375 g/mol. The highest BCUT2D eigenvalue weighted by atomic mass is 16.5. The number of anilines is 1. The molecule has 1 aromatic heterocycles. The molecule has 0 unspecified atom stereocenters. The number of hydrogen-bond acceptors (Lipinski definition) is 6. The maximum absolute atomic E-state index is 12.7. The van der Waals surface area contributed by atoms with Crippen LogP contribution in [-0.2, 0) is 9.53 Å². The third-order valence-corrected chi connectivity index (χ3v) is 5.21. The molecule has 0 saturated carbocycles. The van der Waals surface area contributed by atoms with Crippen LogP contribution in [0.4, 0.5) is 5.82 Å². The number of aromatic amines is 1. The van der Waals surface area contributed by atoms with Gasteiger partial charge in [-0.2, -0.15) is 0 Å². The highest BCUT2D eigenvalue weighted by Crippen LogP contribution is 2.43. The minimum atomic E-state index is -0.556. The minimum absolute atomic E-state index is 0.0389. The zero-order chi connectivity index (χ0) is 19.1. The number of carbonyl (C=O) groups excluding carboxylic acids is 1. The van der Waals surface area contributed by atoms with Gasteiger partial charge >= 0.3 is 0 Å². The van der Waals surface area contributed by atoms with Crippen molar-refractivity contribution in [2.75, 3.05) is 25.6 Å². The lowest BCUT2D eigenvalue weighted by atomic mass is 9.86. The quantitative estimate of drug-likeness (QED) is 0.601. The van der Waals surface area contributed by atoms with Crippen LogP contribution in [0.25, 0.3) is 0 Å². The van der Waals surface area contributed by atoms with E-state index in [1.165, 1.54) is 19.2 Å². The van der Waals surface area contributed by atoms with Gasteiger partial charge in [-0.1, -0.05) is 0 Å². The van der Waals surface area contributed by atoms with Crippen LogP contribution in [0.2, 0.25) is 0 Å². The molecule has 27 heavy (non-hydrogen) atoms. The Kier molecular flexibility index (Phi) is 4.31. The van der Waals surface area contributed by atoms with Crippen LogP contribution in [-0.4, -0.2) is 46.2 Å². The molecule has 4 N–H and O–H groups in total. The van der Waals surface area contributed by atoms with Gasteiger partial charge in [0.15, 0.2) is 11.5 Å². The van der Waals surface area contributed by atoms with Crippen LogP contribution >= 0.6 is 0 Å². The molecule has 1 fully saturated rings. The highest BCUT2D eigenvalue weighted by Gasteiger charge is 2.35. The first-order valence-electron chi connectivity index (χ1n) is 8.81. The average Bonchev–Trinajstić information content (AvgIpc) is 3.00. The molecular weight excluding hydrogens is 354 g/mol. The van der Waals surface area contributed by atoms with Crippen molar-refractivity contribution in [2.45, 2.75) is 31.2 Å². The first-order valence-corrected chi connectivity index (χ1v) is 8.81. The molecule has 1 aromatic carbocycles. The van der Waals surface area contributed by atoms with E-state index in [0.717, 1.165) is 12.8 Å². The first kappa shape index (κ1) is 17.5. The molecule has 9 nitrogen and oxygen atoms in total. The Morgan fingerprint density at radius 3 is 2.67 bits per heavy atom. The summed E-state index contributed by atoms with van der Waals surface area (Å²) in [5.41, 5.74) is 0.676. The lowest BCUT2D eigenvalue weighted by molar-refractivity contribution is -0.116. The SMILES string of the molecule is COc1cc([C@@H]2CC(=O)Nc3c2c(=O)[nH]n3C2CCOCC2)cc(O)c1O. The molecular formula is C18H21N3O6. The fraction of sp³-hybridized carbons (Fsp3) is 0.444. The molecule has 1 atom stereocenters. The minimum Gasteiger partial charge on any atom is -0.504 e. The number of hydrogen-bond donors (Lipinski definition) is 4. The first-order chi connectivity index (χ1) is 13.0. The number of benzene rings is 1. The van der Waals surface area contributed by atoms with E-state index >= 15 is 0 Å². The van der Waals surface area contributed by atoms with Gasteiger partial charge in [0.2, 0.25) is 11.7 Å². The molecule has 0 radical (unpaired) electrons. The second-order valence-electron chi connectivity index (χ2n) is 6.81. The molecule has 3 heterocycles. The van der Waals surface area contributed by atoms with Crippen LogP contribution in [0, 0.1) is 0 Å². The van der Waals surface area contributed by atoms with Crippen molar-refractivity contribution in [1.82, 2.24) is 9.78 Å². The van der Waals surface area contributed by atoms with Crippen molar-refractivity contribution in [3.8, 4) is 17.2 Å². The van der Waals surface area contributed by atoms with Crippen LogP contribution in [0.15, 0.2) is 16.9 Å². The van der Waals surface area contributed by atoms with Crippen molar-refractivity contribution < 1.29 is 24.5 Å². The van der Waals surface area contributed by atoms with E-state index in [1.807, 2.05) is 0 Å². The maximum atomic E-state index is 12.7. The van der Waals surface area contributed by atoms with E-state index in [9.17, 15) is 19.8 Å². The fourth-order valence-electron chi connectivity index (χ4n) is 3.86. The van der Waals surface area contributed by atoms with E-state index in [-0.39, 0.29) is 41.2 Å². The Bertz CT molecular complexity index is 941. The molecule has 9 heteroatoms. The predicted octanol–water partition coefficient (Wildman–Crippen LogP) is 1.42. The van der Waals surface area contributed by atoms with Gasteiger partial charge in [-0.05, 0) is 30.5 Å². The number of amides is 1. The normalized spacial score (nSPS) is 20.2. The van der Waals surface area contributed by atoms with E-state index in [0.29, 0.717) is 30.2 Å². The number of carbonyl (C=O) groups is 1. The number of methoxy groups -OCH3 is 1. The zero-order valence-corrected chi connectivity index (χ0v) is 14.8. The summed E-state index contributed by atoms with van der Waals surface area (Å²) in [5, 5.41) is 25.5. The molecule has 144 valence electrons. The standard InChI is InChI=1S/C18H21N3O6/c1-26-13-7-9(6-12(22)16(13)24)11-8-14(23)19-17-15(11)18(25)20-21(17)10-2-4-27-5-3-10/h6-7,10-11,22,24H,2-5,8H2,1H3,(H,19,23)(H,20,25)/t11-/m0/s1. The van der Waals surface area contributed by atoms with Crippen LogP contribution < -0.4 is 15.6 Å². The molecule has 0 spiro atoms. The van der Waals surface area contributed by atoms with E-state index < -0.39 is 5.92 Å². The van der Waals surface area contributed by atoms with Crippen molar-refractivity contribution in [1.29, 1.82) is 0 Å². The maximum Gasteiger partial charge on any atom is 0.270 e. The molecule has 4 rings (SSSR count). The largest absolute Gasteiger partial charge is 0.504 e. The number of aromatic hydroxyl groups is 2. The van der Waals surface area contributed by atoms with Gasteiger partial charge in [-0.15, -0.1) is 0 Å². The number of H-pyrrole nitrogens is 1. The Labute approximate surface area is 154 Å². The summed E-state index contributed by atoms with van der Waals surface area (Å²) in [6.07, 6.45) is 1.54. The van der Waals surface area contributed by atoms with Gasteiger partial charge in [0, 0.05) is 25.6 Å². The van der Waals surface area contributed by atoms with Gasteiger partial charge in [-0.3, -0.25) is 19.4 Å². The second kappa shape index (κ2) is 6.66. The van der Waals surface area contributed by atoms with E-state index in [2.05, 4.69) is 10.4 Å². The molecule has 0 aliphatic carbocycles. The summed E-state index contributed by atoms with van der Waals surface area (Å²) in [7, 11) is 1.37. The average molecular weight is 375 g/mol. The Morgan fingerprint density at radius 1 is 1.22 bits per heavy atom. The number of nitrogens with one attached hydrogen (secondary N) is 2. The fourth-order valence-corrected chi connectivity index (χ4v) is 3.86. The topological polar surface area (TPSA) is 126 Å². The Balaban J connectivity index is 1.82. The number of rotatable bonds is 3. The summed E-state index contributed by atoms with van der Waals surface area (Å²) in [4.78, 5) is 25.1. The smallest absolute Gasteiger partial charge is 0.270 e. The number of phenols is 2. The second-order valence-corrected chi connectivity index (χ2v) is 6.81. The molecule has 2 aliphatic heterocycles. The summed E-state index contributed by atoms with van der Waals surface area (Å²) < 4.78 is 12.2. The summed E-state index contributed by atoms with van der Waals surface area (Å²) >= 11 is 0. The van der Waals surface area contributed by atoms with Gasteiger partial charge < -0.3 is 25.0 Å². The predicted molar refractivity (Wildman–Crippen MR) is 95.6 cm³/mol.